The quantitative estimate of drug-likeness (QED) is 0.694. The molecule has 1 saturated heterocycles. The number of nitrogens with one attached hydrogen (secondary N) is 1. The maximum absolute atomic E-state index is 12.8. The number of benzene rings is 1. The third-order valence-electron chi connectivity index (χ3n) is 4.08. The monoisotopic (exact) mass is 409 g/mol. The van der Waals surface area contributed by atoms with Crippen LogP contribution in [0.2, 0.25) is 0 Å². The molecular weight excluding hydrogens is 390 g/mol. The molecule has 1 fully saturated rings. The lowest BCUT2D eigenvalue weighted by molar-refractivity contribution is -0.119. The SMILES string of the molecule is Cc1ccc(S(=O)(=O)N2CCOCC2)cc1C(=O)OCC(=O)Nc1ccon1. The van der Waals surface area contributed by atoms with Crippen LogP contribution in [0.1, 0.15) is 15.9 Å². The fourth-order valence-corrected chi connectivity index (χ4v) is 4.02. The van der Waals surface area contributed by atoms with E-state index >= 15 is 0 Å². The van der Waals surface area contributed by atoms with Crippen LogP contribution in [-0.2, 0) is 24.3 Å². The van der Waals surface area contributed by atoms with E-state index in [-0.39, 0.29) is 29.4 Å². The van der Waals surface area contributed by atoms with E-state index in [4.69, 9.17) is 9.47 Å². The Bertz CT molecular complexity index is 951. The van der Waals surface area contributed by atoms with Gasteiger partial charge in [0, 0.05) is 19.2 Å². The highest BCUT2D eigenvalue weighted by atomic mass is 32.2. The Morgan fingerprint density at radius 2 is 2.00 bits per heavy atom. The molecule has 0 spiro atoms. The molecular formula is C17H19N3O7S. The van der Waals surface area contributed by atoms with E-state index in [0.717, 1.165) is 0 Å². The van der Waals surface area contributed by atoms with Gasteiger partial charge in [0.1, 0.15) is 6.26 Å². The molecule has 0 unspecified atom stereocenters. The van der Waals surface area contributed by atoms with Crippen molar-refractivity contribution in [2.24, 2.45) is 0 Å². The Labute approximate surface area is 161 Å². The average Bonchev–Trinajstić information content (AvgIpc) is 3.20. The Hall–Kier alpha value is -2.76. The van der Waals surface area contributed by atoms with Crippen molar-refractivity contribution in [3.8, 4) is 0 Å². The molecule has 2 heterocycles. The van der Waals surface area contributed by atoms with Crippen LogP contribution in [0.15, 0.2) is 39.9 Å². The predicted molar refractivity (Wildman–Crippen MR) is 96.2 cm³/mol. The van der Waals surface area contributed by atoms with Crippen LogP contribution in [-0.4, -0.2) is 62.7 Å². The average molecular weight is 409 g/mol. The second-order valence-corrected chi connectivity index (χ2v) is 7.94. The van der Waals surface area contributed by atoms with E-state index < -0.39 is 28.5 Å². The number of anilines is 1. The summed E-state index contributed by atoms with van der Waals surface area (Å²) in [6, 6.07) is 5.66. The van der Waals surface area contributed by atoms with Gasteiger partial charge in [0.15, 0.2) is 12.4 Å². The van der Waals surface area contributed by atoms with Crippen molar-refractivity contribution in [3.63, 3.8) is 0 Å². The Kier molecular flexibility index (Phi) is 6.07. The molecule has 1 amide bonds. The van der Waals surface area contributed by atoms with Gasteiger partial charge in [-0.25, -0.2) is 13.2 Å². The van der Waals surface area contributed by atoms with E-state index in [1.54, 1.807) is 6.92 Å². The van der Waals surface area contributed by atoms with Gasteiger partial charge in [-0.1, -0.05) is 11.2 Å². The van der Waals surface area contributed by atoms with Gasteiger partial charge >= 0.3 is 5.97 Å². The van der Waals surface area contributed by atoms with E-state index in [1.165, 1.54) is 34.8 Å². The van der Waals surface area contributed by atoms with Crippen molar-refractivity contribution >= 4 is 27.7 Å². The Morgan fingerprint density at radius 1 is 1.25 bits per heavy atom. The van der Waals surface area contributed by atoms with Crippen molar-refractivity contribution in [2.75, 3.05) is 38.2 Å². The molecule has 11 heteroatoms. The standard InChI is InChI=1S/C17H19N3O7S/c1-12-2-3-13(28(23,24)20-5-8-25-9-6-20)10-14(12)17(22)26-11-16(21)18-15-4-7-27-19-15/h2-4,7,10H,5-6,8-9,11H2,1H3,(H,18,19,21). The highest BCUT2D eigenvalue weighted by Crippen LogP contribution is 2.21. The zero-order valence-electron chi connectivity index (χ0n) is 15.1. The first-order valence-electron chi connectivity index (χ1n) is 8.44. The molecule has 3 rings (SSSR count). The summed E-state index contributed by atoms with van der Waals surface area (Å²) in [5.41, 5.74) is 0.603. The molecule has 1 aliphatic heterocycles. The highest BCUT2D eigenvalue weighted by molar-refractivity contribution is 7.89. The third-order valence-corrected chi connectivity index (χ3v) is 5.97. The maximum Gasteiger partial charge on any atom is 0.338 e. The number of aryl methyl sites for hydroxylation is 1. The number of hydrogen-bond acceptors (Lipinski definition) is 8. The van der Waals surface area contributed by atoms with Gasteiger partial charge in [0.2, 0.25) is 10.0 Å². The molecule has 0 radical (unpaired) electrons. The fraction of sp³-hybridized carbons (Fsp3) is 0.353. The molecule has 10 nitrogen and oxygen atoms in total. The lowest BCUT2D eigenvalue weighted by Gasteiger charge is -2.26. The number of morpholine rings is 1. The molecule has 1 aliphatic rings. The van der Waals surface area contributed by atoms with Gasteiger partial charge < -0.3 is 19.3 Å². The number of carbonyl (C=O) groups excluding carboxylic acids is 2. The number of hydrogen-bond donors (Lipinski definition) is 1. The summed E-state index contributed by atoms with van der Waals surface area (Å²) in [4.78, 5) is 24.1. The molecule has 28 heavy (non-hydrogen) atoms. The van der Waals surface area contributed by atoms with E-state index in [2.05, 4.69) is 15.0 Å². The lowest BCUT2D eigenvalue weighted by Crippen LogP contribution is -2.40. The summed E-state index contributed by atoms with van der Waals surface area (Å²) in [6.07, 6.45) is 1.28. The number of sulfonamides is 1. The predicted octanol–water partition coefficient (Wildman–Crippen LogP) is 0.799. The van der Waals surface area contributed by atoms with Crippen LogP contribution in [0.25, 0.3) is 0 Å². The van der Waals surface area contributed by atoms with Crippen molar-refractivity contribution in [3.05, 3.63) is 41.7 Å². The minimum atomic E-state index is -3.75. The molecule has 0 bridgehead atoms. The van der Waals surface area contributed by atoms with Crippen molar-refractivity contribution < 1.29 is 32.0 Å². The number of amides is 1. The van der Waals surface area contributed by atoms with Crippen LogP contribution in [0.5, 0.6) is 0 Å². The lowest BCUT2D eigenvalue weighted by atomic mass is 10.1. The zero-order chi connectivity index (χ0) is 20.1. The van der Waals surface area contributed by atoms with Gasteiger partial charge in [-0.05, 0) is 24.6 Å². The molecule has 1 aromatic carbocycles. The maximum atomic E-state index is 12.8. The molecule has 1 N–H and O–H groups in total. The second kappa shape index (κ2) is 8.50. The summed E-state index contributed by atoms with van der Waals surface area (Å²) >= 11 is 0. The first-order valence-corrected chi connectivity index (χ1v) is 9.88. The number of esters is 1. The molecule has 0 saturated carbocycles. The minimum Gasteiger partial charge on any atom is -0.452 e. The number of ether oxygens (including phenoxy) is 2. The second-order valence-electron chi connectivity index (χ2n) is 6.00. The largest absolute Gasteiger partial charge is 0.452 e. The zero-order valence-corrected chi connectivity index (χ0v) is 15.9. The van der Waals surface area contributed by atoms with E-state index in [0.29, 0.717) is 18.8 Å². The third kappa shape index (κ3) is 4.55. The topological polar surface area (TPSA) is 128 Å². The van der Waals surface area contributed by atoms with Crippen LogP contribution >= 0.6 is 0 Å². The first-order chi connectivity index (χ1) is 13.4. The van der Waals surface area contributed by atoms with Crippen molar-refractivity contribution in [2.45, 2.75) is 11.8 Å². The van der Waals surface area contributed by atoms with E-state index in [1.807, 2.05) is 0 Å². The number of aromatic nitrogens is 1. The van der Waals surface area contributed by atoms with Gasteiger partial charge in [-0.2, -0.15) is 4.31 Å². The fourth-order valence-electron chi connectivity index (χ4n) is 2.58. The summed E-state index contributed by atoms with van der Waals surface area (Å²) < 4.78 is 41.6. The number of rotatable bonds is 6. The van der Waals surface area contributed by atoms with Crippen LogP contribution in [0.3, 0.4) is 0 Å². The molecule has 2 aromatic rings. The van der Waals surface area contributed by atoms with Crippen molar-refractivity contribution in [1.82, 2.24) is 9.46 Å². The van der Waals surface area contributed by atoms with Gasteiger partial charge in [0.25, 0.3) is 5.91 Å². The van der Waals surface area contributed by atoms with E-state index in [9.17, 15) is 18.0 Å². The summed E-state index contributed by atoms with van der Waals surface area (Å²) in [5, 5.41) is 5.90. The summed E-state index contributed by atoms with van der Waals surface area (Å²) in [5.74, 6) is -1.21. The highest BCUT2D eigenvalue weighted by Gasteiger charge is 2.27. The molecule has 0 aliphatic carbocycles. The Morgan fingerprint density at radius 3 is 2.68 bits per heavy atom. The molecule has 0 atom stereocenters. The van der Waals surface area contributed by atoms with Crippen LogP contribution in [0, 0.1) is 6.92 Å². The molecule has 1 aromatic heterocycles. The van der Waals surface area contributed by atoms with Gasteiger partial charge in [-0.3, -0.25) is 4.79 Å². The minimum absolute atomic E-state index is 0.0148. The van der Waals surface area contributed by atoms with Crippen LogP contribution < -0.4 is 5.32 Å². The van der Waals surface area contributed by atoms with Gasteiger partial charge in [0.05, 0.1) is 23.7 Å². The first kappa shape index (κ1) is 20.0. The molecule has 150 valence electrons. The summed E-state index contributed by atoms with van der Waals surface area (Å²) in [6.45, 7) is 2.24. The number of carbonyl (C=O) groups is 2. The number of nitrogens with zero attached hydrogens (tertiary/aromatic N) is 2. The Balaban J connectivity index is 1.70. The summed E-state index contributed by atoms with van der Waals surface area (Å²) in [7, 11) is -3.75. The van der Waals surface area contributed by atoms with Gasteiger partial charge in [-0.15, -0.1) is 0 Å². The van der Waals surface area contributed by atoms with Crippen molar-refractivity contribution in [1.29, 1.82) is 0 Å². The van der Waals surface area contributed by atoms with Crippen LogP contribution in [0.4, 0.5) is 5.82 Å². The normalized spacial score (nSPS) is 15.2. The smallest absolute Gasteiger partial charge is 0.338 e.